The fraction of sp³-hybridized carbons (Fsp3) is 0.312. The number of alkyl halides is 1. The topological polar surface area (TPSA) is 76.3 Å². The summed E-state index contributed by atoms with van der Waals surface area (Å²) in [7, 11) is 0. The molecule has 0 saturated carbocycles. The zero-order chi connectivity index (χ0) is 27.9. The quantitative estimate of drug-likeness (QED) is 0.112. The lowest BCUT2D eigenvalue weighted by molar-refractivity contribution is 0.776. The molecule has 4 heterocycles. The minimum absolute atomic E-state index is 0. The van der Waals surface area contributed by atoms with Gasteiger partial charge in [-0.15, -0.1) is 24.0 Å². The van der Waals surface area contributed by atoms with Crippen molar-refractivity contribution in [2.75, 3.05) is 4.93 Å². The van der Waals surface area contributed by atoms with Gasteiger partial charge in [0.2, 0.25) is 0 Å². The molecule has 4 aromatic heterocycles. The third kappa shape index (κ3) is 13.6. The Morgan fingerprint density at radius 3 is 1.85 bits per heavy atom. The molecule has 8 heteroatoms. The lowest BCUT2D eigenvalue weighted by atomic mass is 10.2. The Morgan fingerprint density at radius 1 is 0.750 bits per heavy atom. The van der Waals surface area contributed by atoms with Crippen molar-refractivity contribution in [2.45, 2.75) is 61.6 Å². The van der Waals surface area contributed by atoms with E-state index in [1.807, 2.05) is 112 Å². The van der Waals surface area contributed by atoms with Crippen molar-refractivity contribution in [3.8, 4) is 0 Å². The van der Waals surface area contributed by atoms with Crippen LogP contribution >= 0.6 is 46.6 Å². The van der Waals surface area contributed by atoms with Gasteiger partial charge >= 0.3 is 0 Å². The highest BCUT2D eigenvalue weighted by Gasteiger charge is 2.07. The summed E-state index contributed by atoms with van der Waals surface area (Å²) in [6.45, 7) is 12.6. The minimum Gasteiger partial charge on any atom is -0.285 e. The Morgan fingerprint density at radius 2 is 1.27 bits per heavy atom. The Kier molecular flexibility index (Phi) is 19.0. The summed E-state index contributed by atoms with van der Waals surface area (Å²) in [5.41, 5.74) is 8.78. The molecule has 0 saturated heterocycles. The van der Waals surface area contributed by atoms with Crippen LogP contribution in [-0.2, 0) is 6.54 Å². The van der Waals surface area contributed by atoms with Crippen LogP contribution in [-0.4, -0.2) is 36.8 Å². The molecule has 0 N–H and O–H groups in total. The normalized spacial score (nSPS) is 11.2. The predicted molar refractivity (Wildman–Crippen MR) is 190 cm³/mol. The number of pyridine rings is 4. The molecule has 0 aliphatic carbocycles. The molecule has 0 bridgehead atoms. The van der Waals surface area contributed by atoms with Gasteiger partial charge in [0.05, 0.1) is 41.1 Å². The van der Waals surface area contributed by atoms with Gasteiger partial charge in [-0.2, -0.15) is 0 Å². The van der Waals surface area contributed by atoms with Crippen molar-refractivity contribution in [2.24, 2.45) is 9.98 Å². The molecule has 0 fully saturated rings. The van der Waals surface area contributed by atoms with Crippen LogP contribution in [0.4, 0.5) is 0 Å². The van der Waals surface area contributed by atoms with E-state index in [9.17, 15) is 0 Å². The number of hydrogen-bond donors (Lipinski definition) is 0. The van der Waals surface area contributed by atoms with Gasteiger partial charge in [0.1, 0.15) is 0 Å². The summed E-state index contributed by atoms with van der Waals surface area (Å²) in [4.78, 5) is 28.7. The Labute approximate surface area is 271 Å². The first kappa shape index (κ1) is 37.4. The highest BCUT2D eigenvalue weighted by molar-refractivity contribution is 14.1. The predicted octanol–water partition coefficient (Wildman–Crippen LogP) is 8.68. The number of aryl methyl sites for hydroxylation is 4. The maximum absolute atomic E-state index is 4.69. The fourth-order valence-corrected chi connectivity index (χ4v) is 3.52. The first-order chi connectivity index (χ1) is 18.3. The summed E-state index contributed by atoms with van der Waals surface area (Å²) in [5.74, 6) is 0. The van der Waals surface area contributed by atoms with E-state index in [0.717, 1.165) is 51.3 Å². The molecule has 6 nitrogen and oxygen atoms in total. The largest absolute Gasteiger partial charge is 0.285 e. The van der Waals surface area contributed by atoms with E-state index in [2.05, 4.69) is 54.4 Å². The van der Waals surface area contributed by atoms with Gasteiger partial charge in [0.15, 0.2) is 0 Å². The Hall–Kier alpha value is -2.60. The maximum Gasteiger partial charge on any atom is 0.0895 e. The number of aromatic nitrogens is 4. The van der Waals surface area contributed by atoms with E-state index in [1.165, 1.54) is 0 Å². The second kappa shape index (κ2) is 20.3. The summed E-state index contributed by atoms with van der Waals surface area (Å²) in [6, 6.07) is 23.9. The summed E-state index contributed by atoms with van der Waals surface area (Å²) < 4.78 is 0. The standard InChI is InChI=1S/C16H19N3.C14H15N3.CH3I.CH4.HI/c1-11-7-5-9-15(17-11)13(3)19-14(4)16-10-6-8-12(2)18-16;1-11-5-3-7-13(16-11)9-15-10-14-8-4-6-12(2)17-14;1-2;;/h5-10,13H,1-4H3;3-9H,10H2,1-2H3;1H3;1H4;1H/t13-;;;;/m0..../s1. The van der Waals surface area contributed by atoms with E-state index in [1.54, 1.807) is 6.21 Å². The molecule has 0 unspecified atom stereocenters. The van der Waals surface area contributed by atoms with Crippen molar-refractivity contribution in [1.29, 1.82) is 0 Å². The van der Waals surface area contributed by atoms with Crippen LogP contribution in [0.2, 0.25) is 0 Å². The van der Waals surface area contributed by atoms with Gasteiger partial charge in [-0.3, -0.25) is 29.9 Å². The third-order valence-corrected chi connectivity index (χ3v) is 5.32. The monoisotopic (exact) mass is 764 g/mol. The second-order valence-corrected chi connectivity index (χ2v) is 8.70. The zero-order valence-electron chi connectivity index (χ0n) is 23.8. The van der Waals surface area contributed by atoms with E-state index < -0.39 is 0 Å². The number of nitrogens with zero attached hydrogens (tertiary/aromatic N) is 6. The van der Waals surface area contributed by atoms with Gasteiger partial charge < -0.3 is 0 Å². The minimum atomic E-state index is 0. The third-order valence-electron chi connectivity index (χ3n) is 5.32. The highest BCUT2D eigenvalue weighted by Crippen LogP contribution is 2.16. The first-order valence-electron chi connectivity index (χ1n) is 12.5. The summed E-state index contributed by atoms with van der Waals surface area (Å²) in [6.07, 6.45) is 1.79. The lowest BCUT2D eigenvalue weighted by Crippen LogP contribution is -2.03. The molecule has 0 amide bonds. The van der Waals surface area contributed by atoms with Crippen molar-refractivity contribution < 1.29 is 0 Å². The first-order valence-corrected chi connectivity index (χ1v) is 14.6. The lowest BCUT2D eigenvalue weighted by Gasteiger charge is -2.09. The Balaban J connectivity index is 0.000000687. The SMILES string of the molecule is C.CC(=N[C@@H](C)c1cccc(C)n1)c1cccc(C)n1.CI.Cc1cccc(C=NCc2cccc(C)n2)n1.I. The molecule has 0 spiro atoms. The summed E-state index contributed by atoms with van der Waals surface area (Å²) in [5, 5.41) is 0. The molecule has 40 heavy (non-hydrogen) atoms. The van der Waals surface area contributed by atoms with Crippen LogP contribution in [0, 0.1) is 27.7 Å². The van der Waals surface area contributed by atoms with Crippen LogP contribution in [0.1, 0.15) is 72.9 Å². The molecular formula is C32H42I2N6. The van der Waals surface area contributed by atoms with Crippen LogP contribution in [0.15, 0.2) is 82.8 Å². The van der Waals surface area contributed by atoms with E-state index in [-0.39, 0.29) is 37.4 Å². The number of halogens is 2. The van der Waals surface area contributed by atoms with E-state index in [4.69, 9.17) is 4.99 Å². The van der Waals surface area contributed by atoms with Crippen molar-refractivity contribution in [3.05, 3.63) is 118 Å². The van der Waals surface area contributed by atoms with Crippen LogP contribution in [0.25, 0.3) is 0 Å². The fourth-order valence-electron chi connectivity index (χ4n) is 3.52. The molecular weight excluding hydrogens is 722 g/mol. The van der Waals surface area contributed by atoms with E-state index in [0.29, 0.717) is 6.54 Å². The highest BCUT2D eigenvalue weighted by atomic mass is 127. The van der Waals surface area contributed by atoms with Gasteiger partial charge in [0.25, 0.3) is 0 Å². The molecule has 1 atom stereocenters. The molecule has 4 rings (SSSR count). The number of aliphatic imine (C=N–C) groups is 2. The van der Waals surface area contributed by atoms with Crippen molar-refractivity contribution in [3.63, 3.8) is 0 Å². The second-order valence-electron chi connectivity index (χ2n) is 8.70. The van der Waals surface area contributed by atoms with Crippen LogP contribution in [0.5, 0.6) is 0 Å². The molecule has 214 valence electrons. The van der Waals surface area contributed by atoms with Crippen molar-refractivity contribution >= 4 is 58.5 Å². The molecule has 0 aromatic carbocycles. The average molecular weight is 765 g/mol. The van der Waals surface area contributed by atoms with Gasteiger partial charge in [-0.1, -0.05) is 54.3 Å². The smallest absolute Gasteiger partial charge is 0.0895 e. The zero-order valence-corrected chi connectivity index (χ0v) is 28.2. The van der Waals surface area contributed by atoms with Gasteiger partial charge in [-0.05, 0) is 95.0 Å². The number of rotatable bonds is 6. The molecule has 4 aromatic rings. The van der Waals surface area contributed by atoms with Gasteiger partial charge in [0, 0.05) is 29.0 Å². The van der Waals surface area contributed by atoms with Gasteiger partial charge in [-0.25, -0.2) is 0 Å². The maximum atomic E-state index is 4.69. The van der Waals surface area contributed by atoms with Crippen molar-refractivity contribution in [1.82, 2.24) is 19.9 Å². The Bertz CT molecular complexity index is 1350. The molecule has 0 radical (unpaired) electrons. The van der Waals surface area contributed by atoms with Crippen LogP contribution < -0.4 is 0 Å². The molecule has 0 aliphatic heterocycles. The molecule has 0 aliphatic rings. The summed E-state index contributed by atoms with van der Waals surface area (Å²) >= 11 is 2.15. The number of hydrogen-bond acceptors (Lipinski definition) is 6. The van der Waals surface area contributed by atoms with E-state index >= 15 is 0 Å². The average Bonchev–Trinajstić information content (AvgIpc) is 2.90. The van der Waals surface area contributed by atoms with Crippen LogP contribution in [0.3, 0.4) is 0 Å².